The van der Waals surface area contributed by atoms with Gasteiger partial charge in [-0.05, 0) is 55.8 Å². The Morgan fingerprint density at radius 2 is 1.64 bits per heavy atom. The van der Waals surface area contributed by atoms with Crippen molar-refractivity contribution in [3.05, 3.63) is 95.5 Å². The van der Waals surface area contributed by atoms with E-state index >= 15 is 0 Å². The Kier molecular flexibility index (Phi) is 5.88. The molecule has 33 heavy (non-hydrogen) atoms. The molecule has 7 heteroatoms. The highest BCUT2D eigenvalue weighted by Gasteiger charge is 2.31. The quantitative estimate of drug-likeness (QED) is 0.492. The minimum atomic E-state index is -0.233. The first kappa shape index (κ1) is 21.3. The van der Waals surface area contributed by atoms with Crippen molar-refractivity contribution in [3.8, 4) is 11.1 Å². The number of nitrogens with one attached hydrogen (secondary N) is 1. The summed E-state index contributed by atoms with van der Waals surface area (Å²) in [4.78, 5) is 14.2. The maximum atomic E-state index is 13.4. The lowest BCUT2D eigenvalue weighted by Gasteiger charge is -2.40. The summed E-state index contributed by atoms with van der Waals surface area (Å²) in [7, 11) is 0. The fourth-order valence-electron chi connectivity index (χ4n) is 4.71. The highest BCUT2D eigenvalue weighted by Crippen LogP contribution is 2.34. The second-order valence-electron chi connectivity index (χ2n) is 8.41. The predicted octanol–water partition coefficient (Wildman–Crippen LogP) is 4.53. The van der Waals surface area contributed by atoms with E-state index in [0.29, 0.717) is 0 Å². The number of hydrogen-bond acceptors (Lipinski definition) is 5. The van der Waals surface area contributed by atoms with Crippen LogP contribution in [0.1, 0.15) is 28.7 Å². The van der Waals surface area contributed by atoms with Gasteiger partial charge in [-0.15, -0.1) is 0 Å². The molecule has 1 atom stereocenters. The van der Waals surface area contributed by atoms with Crippen LogP contribution in [-0.2, 0) is 0 Å². The summed E-state index contributed by atoms with van der Waals surface area (Å²) in [6, 6.07) is 16.7. The lowest BCUT2D eigenvalue weighted by Crippen LogP contribution is -2.48. The molecule has 5 rings (SSSR count). The fourth-order valence-corrected chi connectivity index (χ4v) is 4.71. The monoisotopic (exact) mass is 442 g/mol. The highest BCUT2D eigenvalue weighted by molar-refractivity contribution is 5.75. The minimum absolute atomic E-state index is 0.0485. The van der Waals surface area contributed by atoms with E-state index in [-0.39, 0.29) is 11.9 Å². The number of halogens is 1. The van der Waals surface area contributed by atoms with Crippen LogP contribution in [-0.4, -0.2) is 51.2 Å². The van der Waals surface area contributed by atoms with Crippen molar-refractivity contribution in [2.45, 2.75) is 19.9 Å². The van der Waals surface area contributed by atoms with Gasteiger partial charge < -0.3 is 4.90 Å². The molecule has 0 amide bonds. The van der Waals surface area contributed by atoms with Crippen LogP contribution in [0.3, 0.4) is 0 Å². The average molecular weight is 443 g/mol. The molecule has 1 unspecified atom stereocenters. The minimum Gasteiger partial charge on any atom is -0.354 e. The molecule has 4 heterocycles. The zero-order chi connectivity index (χ0) is 22.8. The average Bonchev–Trinajstić information content (AvgIpc) is 3.19. The molecule has 0 spiro atoms. The van der Waals surface area contributed by atoms with Gasteiger partial charge in [-0.3, -0.25) is 15.0 Å². The second-order valence-corrected chi connectivity index (χ2v) is 8.41. The van der Waals surface area contributed by atoms with Gasteiger partial charge >= 0.3 is 0 Å². The van der Waals surface area contributed by atoms with Crippen LogP contribution in [0.25, 0.3) is 11.1 Å². The summed E-state index contributed by atoms with van der Waals surface area (Å²) in [6.07, 6.45) is 3.68. The summed E-state index contributed by atoms with van der Waals surface area (Å²) in [6.45, 7) is 7.53. The molecule has 1 aliphatic rings. The van der Waals surface area contributed by atoms with E-state index in [1.54, 1.807) is 0 Å². The maximum Gasteiger partial charge on any atom is 0.136 e. The van der Waals surface area contributed by atoms with E-state index in [1.165, 1.54) is 17.7 Å². The Balaban J connectivity index is 1.41. The normalized spacial score (nSPS) is 15.5. The van der Waals surface area contributed by atoms with Crippen LogP contribution in [0.5, 0.6) is 0 Å². The van der Waals surface area contributed by atoms with Gasteiger partial charge in [0.05, 0.1) is 17.4 Å². The number of anilines is 1. The number of rotatable bonds is 5. The number of aryl methyl sites for hydroxylation is 2. The molecule has 0 saturated carbocycles. The lowest BCUT2D eigenvalue weighted by molar-refractivity contribution is 0.208. The number of H-pyrrole nitrogens is 1. The first-order valence-electron chi connectivity index (χ1n) is 11.2. The number of benzene rings is 1. The molecule has 0 radical (unpaired) electrons. The molecular weight excluding hydrogens is 415 g/mol. The standard InChI is InChI=1S/C26H27FN6/c1-18-24(19(2)31-30-18)25(23-7-3-4-12-28-23)32-14-16-33(17-15-32)26-22(6-5-13-29-26)20-8-10-21(27)11-9-20/h3-13,25H,14-17H2,1-2H3,(H,30,31). The van der Waals surface area contributed by atoms with Crippen molar-refractivity contribution in [2.75, 3.05) is 31.1 Å². The van der Waals surface area contributed by atoms with E-state index in [4.69, 9.17) is 9.97 Å². The molecule has 1 N–H and O–H groups in total. The number of aromatic amines is 1. The van der Waals surface area contributed by atoms with Crippen LogP contribution in [0.2, 0.25) is 0 Å². The molecule has 0 aliphatic carbocycles. The van der Waals surface area contributed by atoms with Crippen molar-refractivity contribution in [2.24, 2.45) is 0 Å². The molecule has 3 aromatic heterocycles. The number of pyridine rings is 2. The second kappa shape index (κ2) is 9.11. The summed E-state index contributed by atoms with van der Waals surface area (Å²) in [5, 5.41) is 7.58. The third-order valence-corrected chi connectivity index (χ3v) is 6.35. The summed E-state index contributed by atoms with van der Waals surface area (Å²) >= 11 is 0. The molecule has 0 bridgehead atoms. The van der Waals surface area contributed by atoms with E-state index in [0.717, 1.165) is 60.2 Å². The molecule has 1 aliphatic heterocycles. The van der Waals surface area contributed by atoms with Crippen LogP contribution in [0, 0.1) is 19.7 Å². The smallest absolute Gasteiger partial charge is 0.136 e. The van der Waals surface area contributed by atoms with Gasteiger partial charge in [0.25, 0.3) is 0 Å². The van der Waals surface area contributed by atoms with Crippen molar-refractivity contribution in [1.29, 1.82) is 0 Å². The van der Waals surface area contributed by atoms with E-state index in [9.17, 15) is 4.39 Å². The zero-order valence-electron chi connectivity index (χ0n) is 18.9. The molecule has 4 aromatic rings. The van der Waals surface area contributed by atoms with Crippen molar-refractivity contribution >= 4 is 5.82 Å². The summed E-state index contributed by atoms with van der Waals surface area (Å²) in [5.74, 6) is 0.706. The lowest BCUT2D eigenvalue weighted by atomic mass is 9.98. The summed E-state index contributed by atoms with van der Waals surface area (Å²) < 4.78 is 13.4. The number of aromatic nitrogens is 4. The van der Waals surface area contributed by atoms with Gasteiger partial charge in [0.15, 0.2) is 0 Å². The molecule has 1 aromatic carbocycles. The predicted molar refractivity (Wildman–Crippen MR) is 128 cm³/mol. The number of hydrogen-bond donors (Lipinski definition) is 1. The third kappa shape index (κ3) is 4.24. The van der Waals surface area contributed by atoms with Crippen molar-refractivity contribution in [3.63, 3.8) is 0 Å². The van der Waals surface area contributed by atoms with Crippen LogP contribution in [0.15, 0.2) is 67.0 Å². The molecule has 1 fully saturated rings. The maximum absolute atomic E-state index is 13.4. The van der Waals surface area contributed by atoms with Crippen LogP contribution >= 0.6 is 0 Å². The zero-order valence-corrected chi connectivity index (χ0v) is 18.9. The summed E-state index contributed by atoms with van der Waals surface area (Å²) in [5.41, 5.74) is 6.31. The molecule has 6 nitrogen and oxygen atoms in total. The highest BCUT2D eigenvalue weighted by atomic mass is 19.1. The van der Waals surface area contributed by atoms with Gasteiger partial charge in [-0.1, -0.05) is 18.2 Å². The van der Waals surface area contributed by atoms with E-state index < -0.39 is 0 Å². The van der Waals surface area contributed by atoms with Gasteiger partial charge in [0.2, 0.25) is 0 Å². The SMILES string of the molecule is Cc1n[nH]c(C)c1C(c1ccccn1)N1CCN(c2ncccc2-c2ccc(F)cc2)CC1. The van der Waals surface area contributed by atoms with Gasteiger partial charge in [-0.2, -0.15) is 5.10 Å². The van der Waals surface area contributed by atoms with E-state index in [2.05, 4.69) is 39.1 Å². The molecule has 1 saturated heterocycles. The van der Waals surface area contributed by atoms with Gasteiger partial charge in [0.1, 0.15) is 11.6 Å². The fraction of sp³-hybridized carbons (Fsp3) is 0.269. The van der Waals surface area contributed by atoms with E-state index in [1.807, 2.05) is 49.6 Å². The van der Waals surface area contributed by atoms with Gasteiger partial charge in [0, 0.05) is 55.4 Å². The van der Waals surface area contributed by atoms with Gasteiger partial charge in [-0.25, -0.2) is 9.37 Å². The van der Waals surface area contributed by atoms with Crippen LogP contribution in [0.4, 0.5) is 10.2 Å². The Morgan fingerprint density at radius 3 is 2.30 bits per heavy atom. The Labute approximate surface area is 193 Å². The number of nitrogens with zero attached hydrogens (tertiary/aromatic N) is 5. The first-order valence-corrected chi connectivity index (χ1v) is 11.2. The Morgan fingerprint density at radius 1 is 0.879 bits per heavy atom. The largest absolute Gasteiger partial charge is 0.354 e. The Bertz CT molecular complexity index is 1190. The van der Waals surface area contributed by atoms with Crippen LogP contribution < -0.4 is 4.90 Å². The third-order valence-electron chi connectivity index (χ3n) is 6.35. The van der Waals surface area contributed by atoms with Crippen molar-refractivity contribution < 1.29 is 4.39 Å². The number of piperazine rings is 1. The van der Waals surface area contributed by atoms with Crippen molar-refractivity contribution in [1.82, 2.24) is 25.1 Å². The molecular formula is C26H27FN6. The Hall–Kier alpha value is -3.58. The topological polar surface area (TPSA) is 60.9 Å². The first-order chi connectivity index (χ1) is 16.1. The molecule has 168 valence electrons.